The second-order valence-corrected chi connectivity index (χ2v) is 6.80. The first-order valence-electron chi connectivity index (χ1n) is 7.34. The molecule has 1 rings (SSSR count). The summed E-state index contributed by atoms with van der Waals surface area (Å²) in [5.74, 6) is -1.16. The second-order valence-electron chi connectivity index (χ2n) is 6.80. The molecule has 0 bridgehead atoms. The van der Waals surface area contributed by atoms with Crippen molar-refractivity contribution >= 4 is 17.8 Å². The molecule has 2 amide bonds. The Morgan fingerprint density at radius 2 is 1.86 bits per heavy atom. The van der Waals surface area contributed by atoms with Gasteiger partial charge < -0.3 is 15.0 Å². The molecule has 0 radical (unpaired) electrons. The Morgan fingerprint density at radius 1 is 1.29 bits per heavy atom. The van der Waals surface area contributed by atoms with Crippen LogP contribution in [0.15, 0.2) is 0 Å². The third-order valence-corrected chi connectivity index (χ3v) is 3.27. The SMILES string of the molecule is CC(C)N1CC(C(=O)N[C@@H](C)C(=O)OC(C)(C)C)CC1=O. The summed E-state index contributed by atoms with van der Waals surface area (Å²) < 4.78 is 5.21. The van der Waals surface area contributed by atoms with Crippen molar-refractivity contribution in [3.05, 3.63) is 0 Å². The van der Waals surface area contributed by atoms with Crippen molar-refractivity contribution in [3.8, 4) is 0 Å². The van der Waals surface area contributed by atoms with E-state index in [4.69, 9.17) is 4.74 Å². The topological polar surface area (TPSA) is 75.7 Å². The van der Waals surface area contributed by atoms with Crippen molar-refractivity contribution in [3.63, 3.8) is 0 Å². The highest BCUT2D eigenvalue weighted by Crippen LogP contribution is 2.20. The van der Waals surface area contributed by atoms with Gasteiger partial charge in [-0.2, -0.15) is 0 Å². The van der Waals surface area contributed by atoms with E-state index in [1.54, 1.807) is 32.6 Å². The third-order valence-electron chi connectivity index (χ3n) is 3.27. The zero-order valence-electron chi connectivity index (χ0n) is 13.7. The lowest BCUT2D eigenvalue weighted by Crippen LogP contribution is -2.45. The van der Waals surface area contributed by atoms with Crippen LogP contribution < -0.4 is 5.32 Å². The zero-order chi connectivity index (χ0) is 16.4. The Kier molecular flexibility index (Phi) is 5.36. The van der Waals surface area contributed by atoms with Crippen LogP contribution in [0, 0.1) is 5.92 Å². The summed E-state index contributed by atoms with van der Waals surface area (Å²) in [6.45, 7) is 11.1. The molecule has 0 aromatic rings. The van der Waals surface area contributed by atoms with Gasteiger partial charge in [-0.15, -0.1) is 0 Å². The number of ether oxygens (including phenoxy) is 1. The molecule has 0 aliphatic carbocycles. The van der Waals surface area contributed by atoms with Crippen LogP contribution in [-0.4, -0.2) is 46.9 Å². The standard InChI is InChI=1S/C15H26N2O4/c1-9(2)17-8-11(7-12(17)18)13(19)16-10(3)14(20)21-15(4,5)6/h9-11H,7-8H2,1-6H3,(H,16,19)/t10-,11?/m0/s1. The molecular formula is C15H26N2O4. The number of nitrogens with zero attached hydrogens (tertiary/aromatic N) is 1. The van der Waals surface area contributed by atoms with E-state index in [0.717, 1.165) is 0 Å². The lowest BCUT2D eigenvalue weighted by Gasteiger charge is -2.24. The Labute approximate surface area is 126 Å². The predicted octanol–water partition coefficient (Wildman–Crippen LogP) is 1.09. The molecule has 1 fully saturated rings. The first kappa shape index (κ1) is 17.5. The molecule has 6 nitrogen and oxygen atoms in total. The van der Waals surface area contributed by atoms with Crippen molar-refractivity contribution in [1.29, 1.82) is 0 Å². The fourth-order valence-electron chi connectivity index (χ4n) is 2.19. The van der Waals surface area contributed by atoms with Gasteiger partial charge in [0.1, 0.15) is 11.6 Å². The Balaban J connectivity index is 2.54. The van der Waals surface area contributed by atoms with Gasteiger partial charge in [0.15, 0.2) is 0 Å². The lowest BCUT2D eigenvalue weighted by atomic mass is 10.1. The van der Waals surface area contributed by atoms with E-state index < -0.39 is 23.5 Å². The Bertz CT molecular complexity index is 426. The van der Waals surface area contributed by atoms with Crippen LogP contribution in [0.3, 0.4) is 0 Å². The van der Waals surface area contributed by atoms with Gasteiger partial charge in [0.2, 0.25) is 11.8 Å². The predicted molar refractivity (Wildman–Crippen MR) is 78.4 cm³/mol. The number of hydrogen-bond acceptors (Lipinski definition) is 4. The van der Waals surface area contributed by atoms with E-state index in [-0.39, 0.29) is 24.3 Å². The van der Waals surface area contributed by atoms with Gasteiger partial charge in [0.25, 0.3) is 0 Å². The summed E-state index contributed by atoms with van der Waals surface area (Å²) in [6, 6.07) is -0.640. The normalized spacial score (nSPS) is 20.6. The summed E-state index contributed by atoms with van der Waals surface area (Å²) in [5, 5.41) is 2.63. The molecule has 1 heterocycles. The number of nitrogens with one attached hydrogen (secondary N) is 1. The van der Waals surface area contributed by atoms with Gasteiger partial charge >= 0.3 is 5.97 Å². The van der Waals surface area contributed by atoms with E-state index in [1.165, 1.54) is 0 Å². The zero-order valence-corrected chi connectivity index (χ0v) is 13.7. The maximum absolute atomic E-state index is 12.1. The molecule has 1 saturated heterocycles. The number of rotatable bonds is 4. The van der Waals surface area contributed by atoms with Gasteiger partial charge in [-0.3, -0.25) is 9.59 Å². The second kappa shape index (κ2) is 6.45. The Hall–Kier alpha value is -1.59. The number of carbonyl (C=O) groups is 3. The average Bonchev–Trinajstić information content (AvgIpc) is 2.69. The monoisotopic (exact) mass is 298 g/mol. The molecule has 0 saturated carbocycles. The summed E-state index contributed by atoms with van der Waals surface area (Å²) in [7, 11) is 0. The van der Waals surface area contributed by atoms with Crippen molar-refractivity contribution in [2.45, 2.75) is 65.6 Å². The lowest BCUT2D eigenvalue weighted by molar-refractivity contribution is -0.158. The molecule has 120 valence electrons. The highest BCUT2D eigenvalue weighted by molar-refractivity contribution is 5.91. The van der Waals surface area contributed by atoms with Gasteiger partial charge in [-0.1, -0.05) is 0 Å². The highest BCUT2D eigenvalue weighted by atomic mass is 16.6. The third kappa shape index (κ3) is 5.02. The fraction of sp³-hybridized carbons (Fsp3) is 0.800. The summed E-state index contributed by atoms with van der Waals surface area (Å²) in [6.07, 6.45) is 0.199. The first-order chi connectivity index (χ1) is 9.51. The number of likely N-dealkylation sites (tertiary alicyclic amines) is 1. The number of carbonyl (C=O) groups excluding carboxylic acids is 3. The van der Waals surface area contributed by atoms with E-state index in [0.29, 0.717) is 6.54 Å². The minimum atomic E-state index is -0.722. The first-order valence-corrected chi connectivity index (χ1v) is 7.34. The smallest absolute Gasteiger partial charge is 0.328 e. The van der Waals surface area contributed by atoms with Crippen molar-refractivity contribution in [2.75, 3.05) is 6.54 Å². The van der Waals surface area contributed by atoms with Crippen LogP contribution in [-0.2, 0) is 19.1 Å². The number of amides is 2. The summed E-state index contributed by atoms with van der Waals surface area (Å²) >= 11 is 0. The molecule has 1 aliphatic rings. The Morgan fingerprint density at radius 3 is 2.29 bits per heavy atom. The molecule has 0 aromatic carbocycles. The molecule has 0 spiro atoms. The molecular weight excluding hydrogens is 272 g/mol. The quantitative estimate of drug-likeness (QED) is 0.788. The largest absolute Gasteiger partial charge is 0.458 e. The van der Waals surface area contributed by atoms with Gasteiger partial charge in [0.05, 0.1) is 5.92 Å². The molecule has 2 atom stereocenters. The molecule has 1 unspecified atom stereocenters. The highest BCUT2D eigenvalue weighted by Gasteiger charge is 2.36. The van der Waals surface area contributed by atoms with Crippen molar-refractivity contribution in [2.24, 2.45) is 5.92 Å². The molecule has 0 aromatic heterocycles. The number of hydrogen-bond donors (Lipinski definition) is 1. The van der Waals surface area contributed by atoms with E-state index in [2.05, 4.69) is 5.32 Å². The van der Waals surface area contributed by atoms with Crippen LogP contribution in [0.4, 0.5) is 0 Å². The van der Waals surface area contributed by atoms with Crippen LogP contribution in [0.1, 0.15) is 48.0 Å². The molecule has 21 heavy (non-hydrogen) atoms. The van der Waals surface area contributed by atoms with Crippen LogP contribution >= 0.6 is 0 Å². The van der Waals surface area contributed by atoms with E-state index in [9.17, 15) is 14.4 Å². The van der Waals surface area contributed by atoms with Crippen molar-refractivity contribution in [1.82, 2.24) is 10.2 Å². The molecule has 1 N–H and O–H groups in total. The van der Waals surface area contributed by atoms with E-state index >= 15 is 0 Å². The van der Waals surface area contributed by atoms with Crippen molar-refractivity contribution < 1.29 is 19.1 Å². The van der Waals surface area contributed by atoms with Gasteiger partial charge in [0, 0.05) is 19.0 Å². The summed E-state index contributed by atoms with van der Waals surface area (Å²) in [5.41, 5.74) is -0.589. The van der Waals surface area contributed by atoms with E-state index in [1.807, 2.05) is 13.8 Å². The van der Waals surface area contributed by atoms with Gasteiger partial charge in [-0.25, -0.2) is 4.79 Å². The van der Waals surface area contributed by atoms with Gasteiger partial charge in [-0.05, 0) is 41.5 Å². The molecule has 6 heteroatoms. The minimum absolute atomic E-state index is 0.0185. The minimum Gasteiger partial charge on any atom is -0.458 e. The number of esters is 1. The summed E-state index contributed by atoms with van der Waals surface area (Å²) in [4.78, 5) is 37.4. The molecule has 1 aliphatic heterocycles. The fourth-order valence-corrected chi connectivity index (χ4v) is 2.19. The maximum Gasteiger partial charge on any atom is 0.328 e. The maximum atomic E-state index is 12.1. The van der Waals surface area contributed by atoms with Crippen LogP contribution in [0.2, 0.25) is 0 Å². The average molecular weight is 298 g/mol. The van der Waals surface area contributed by atoms with Crippen LogP contribution in [0.25, 0.3) is 0 Å². The van der Waals surface area contributed by atoms with Crippen LogP contribution in [0.5, 0.6) is 0 Å².